The van der Waals surface area contributed by atoms with E-state index < -0.39 is 0 Å². The summed E-state index contributed by atoms with van der Waals surface area (Å²) in [6, 6.07) is 15.8. The number of unbranched alkanes of at least 4 members (excludes halogenated alkanes) is 1. The minimum absolute atomic E-state index is 0.212. The molecule has 2 heteroatoms. The lowest BCUT2D eigenvalue weighted by molar-refractivity contribution is 0.179. The molecule has 0 amide bonds. The average molecular weight is 383 g/mol. The predicted molar refractivity (Wildman–Crippen MR) is 118 cm³/mol. The van der Waals surface area contributed by atoms with E-state index in [2.05, 4.69) is 56.0 Å². The first-order valence-electron chi connectivity index (χ1n) is 10.6. The molecule has 0 radical (unpaired) electrons. The molecule has 0 spiro atoms. The standard InChI is InChI=1S/C26H35FO/c1-4-8-26(20-28-3)25-17-16-24(23(5-2)19-25)15-14-22-12-10-21(11-13-22)9-6-7-18-27/h4,10-13,16-17,19,26H,1,5-9,14-15,18,20H2,2-3H3. The Morgan fingerprint density at radius 1 is 0.964 bits per heavy atom. The van der Waals surface area contributed by atoms with Gasteiger partial charge in [0.05, 0.1) is 13.3 Å². The van der Waals surface area contributed by atoms with Gasteiger partial charge in [0.15, 0.2) is 0 Å². The molecule has 2 aromatic carbocycles. The van der Waals surface area contributed by atoms with Crippen LogP contribution < -0.4 is 0 Å². The summed E-state index contributed by atoms with van der Waals surface area (Å²) in [7, 11) is 1.76. The highest BCUT2D eigenvalue weighted by molar-refractivity contribution is 5.35. The molecule has 0 saturated heterocycles. The minimum Gasteiger partial charge on any atom is -0.384 e. The van der Waals surface area contributed by atoms with Crippen LogP contribution in [0.2, 0.25) is 0 Å². The number of allylic oxidation sites excluding steroid dienone is 1. The van der Waals surface area contributed by atoms with Gasteiger partial charge in [-0.05, 0) is 72.8 Å². The van der Waals surface area contributed by atoms with E-state index in [-0.39, 0.29) is 6.67 Å². The van der Waals surface area contributed by atoms with Gasteiger partial charge < -0.3 is 4.74 Å². The number of alkyl halides is 1. The number of ether oxygens (including phenoxy) is 1. The average Bonchev–Trinajstić information content (AvgIpc) is 2.73. The molecule has 0 fully saturated rings. The summed E-state index contributed by atoms with van der Waals surface area (Å²) in [6.45, 7) is 6.63. The SMILES string of the molecule is C=CCC(COC)c1ccc(CCc2ccc(CCCCF)cc2)c(CC)c1. The summed E-state index contributed by atoms with van der Waals surface area (Å²) in [4.78, 5) is 0. The number of benzene rings is 2. The Bertz CT molecular complexity index is 705. The number of hydrogen-bond donors (Lipinski definition) is 0. The second-order valence-corrected chi connectivity index (χ2v) is 7.52. The first kappa shape index (κ1) is 22.4. The molecule has 2 rings (SSSR count). The topological polar surface area (TPSA) is 9.23 Å². The largest absolute Gasteiger partial charge is 0.384 e. The van der Waals surface area contributed by atoms with Gasteiger partial charge in [0.2, 0.25) is 0 Å². The van der Waals surface area contributed by atoms with E-state index in [0.29, 0.717) is 12.3 Å². The highest BCUT2D eigenvalue weighted by Gasteiger charge is 2.12. The van der Waals surface area contributed by atoms with E-state index in [9.17, 15) is 4.39 Å². The van der Waals surface area contributed by atoms with Crippen molar-refractivity contribution in [1.82, 2.24) is 0 Å². The van der Waals surface area contributed by atoms with E-state index in [4.69, 9.17) is 4.74 Å². The number of hydrogen-bond acceptors (Lipinski definition) is 1. The normalized spacial score (nSPS) is 12.1. The lowest BCUT2D eigenvalue weighted by Crippen LogP contribution is -2.07. The maximum absolute atomic E-state index is 12.2. The summed E-state index contributed by atoms with van der Waals surface area (Å²) in [5, 5.41) is 0. The maximum Gasteiger partial charge on any atom is 0.0894 e. The van der Waals surface area contributed by atoms with Crippen LogP contribution >= 0.6 is 0 Å². The summed E-state index contributed by atoms with van der Waals surface area (Å²) < 4.78 is 17.6. The van der Waals surface area contributed by atoms with Crippen LogP contribution in [0.3, 0.4) is 0 Å². The number of methoxy groups -OCH3 is 1. The van der Waals surface area contributed by atoms with Crippen molar-refractivity contribution in [3.8, 4) is 0 Å². The molecule has 0 saturated carbocycles. The first-order chi connectivity index (χ1) is 13.7. The highest BCUT2D eigenvalue weighted by Crippen LogP contribution is 2.25. The molecule has 0 aliphatic rings. The third-order valence-electron chi connectivity index (χ3n) is 5.46. The summed E-state index contributed by atoms with van der Waals surface area (Å²) >= 11 is 0. The maximum atomic E-state index is 12.2. The molecule has 0 aliphatic carbocycles. The van der Waals surface area contributed by atoms with E-state index in [0.717, 1.165) is 45.1 Å². The van der Waals surface area contributed by atoms with Gasteiger partial charge in [-0.25, -0.2) is 0 Å². The molecule has 2 aromatic rings. The molecular weight excluding hydrogens is 347 g/mol. The molecule has 0 aromatic heterocycles. The van der Waals surface area contributed by atoms with Gasteiger partial charge in [-0.2, -0.15) is 0 Å². The number of aryl methyl sites for hydroxylation is 4. The van der Waals surface area contributed by atoms with Gasteiger partial charge in [-0.3, -0.25) is 4.39 Å². The van der Waals surface area contributed by atoms with Gasteiger partial charge in [0.1, 0.15) is 0 Å². The van der Waals surface area contributed by atoms with Crippen molar-refractivity contribution in [2.24, 2.45) is 0 Å². The lowest BCUT2D eigenvalue weighted by atomic mass is 9.90. The molecule has 0 heterocycles. The van der Waals surface area contributed by atoms with Crippen LogP contribution in [0.5, 0.6) is 0 Å². The van der Waals surface area contributed by atoms with E-state index in [1.807, 2.05) is 6.08 Å². The Morgan fingerprint density at radius 2 is 1.68 bits per heavy atom. The van der Waals surface area contributed by atoms with Crippen LogP contribution in [0.4, 0.5) is 4.39 Å². The summed E-state index contributed by atoms with van der Waals surface area (Å²) in [5.74, 6) is 0.381. The highest BCUT2D eigenvalue weighted by atomic mass is 19.1. The van der Waals surface area contributed by atoms with Crippen LogP contribution in [0.15, 0.2) is 55.1 Å². The van der Waals surface area contributed by atoms with Crippen LogP contribution in [0.1, 0.15) is 59.9 Å². The van der Waals surface area contributed by atoms with Gasteiger partial charge in [0, 0.05) is 13.0 Å². The van der Waals surface area contributed by atoms with Gasteiger partial charge in [0.25, 0.3) is 0 Å². The third kappa shape index (κ3) is 6.91. The Balaban J connectivity index is 2.00. The molecule has 28 heavy (non-hydrogen) atoms. The number of halogens is 1. The Kier molecular flexibility index (Phi) is 9.99. The fourth-order valence-electron chi connectivity index (χ4n) is 3.75. The lowest BCUT2D eigenvalue weighted by Gasteiger charge is -2.17. The van der Waals surface area contributed by atoms with Crippen molar-refractivity contribution >= 4 is 0 Å². The van der Waals surface area contributed by atoms with Gasteiger partial charge >= 0.3 is 0 Å². The quantitative estimate of drug-likeness (QED) is 0.279. The van der Waals surface area contributed by atoms with Crippen LogP contribution in [0, 0.1) is 0 Å². The third-order valence-corrected chi connectivity index (χ3v) is 5.46. The smallest absolute Gasteiger partial charge is 0.0894 e. The zero-order valence-electron chi connectivity index (χ0n) is 17.6. The van der Waals surface area contributed by atoms with E-state index >= 15 is 0 Å². The molecule has 0 bridgehead atoms. The van der Waals surface area contributed by atoms with Crippen molar-refractivity contribution in [3.05, 3.63) is 82.9 Å². The molecule has 1 nitrogen and oxygen atoms in total. The zero-order valence-corrected chi connectivity index (χ0v) is 17.6. The van der Waals surface area contributed by atoms with Crippen LogP contribution in [-0.2, 0) is 30.4 Å². The van der Waals surface area contributed by atoms with Gasteiger partial charge in [-0.1, -0.05) is 55.5 Å². The monoisotopic (exact) mass is 382 g/mol. The molecule has 0 N–H and O–H groups in total. The molecule has 152 valence electrons. The molecular formula is C26H35FO. The van der Waals surface area contributed by atoms with Crippen LogP contribution in [0.25, 0.3) is 0 Å². The van der Waals surface area contributed by atoms with Crippen molar-refractivity contribution in [1.29, 1.82) is 0 Å². The molecule has 1 unspecified atom stereocenters. The zero-order chi connectivity index (χ0) is 20.2. The van der Waals surface area contributed by atoms with Crippen molar-refractivity contribution in [2.75, 3.05) is 20.4 Å². The molecule has 1 atom stereocenters. The van der Waals surface area contributed by atoms with Crippen LogP contribution in [-0.4, -0.2) is 20.4 Å². The van der Waals surface area contributed by atoms with Crippen molar-refractivity contribution in [2.45, 2.75) is 57.8 Å². The van der Waals surface area contributed by atoms with E-state index in [1.165, 1.54) is 27.8 Å². The predicted octanol–water partition coefficient (Wildman–Crippen LogP) is 6.63. The Morgan fingerprint density at radius 3 is 2.29 bits per heavy atom. The summed E-state index contributed by atoms with van der Waals surface area (Å²) in [6.07, 6.45) is 8.63. The van der Waals surface area contributed by atoms with Crippen molar-refractivity contribution < 1.29 is 9.13 Å². The minimum atomic E-state index is -0.212. The summed E-state index contributed by atoms with van der Waals surface area (Å²) in [5.41, 5.74) is 6.89. The molecule has 0 aliphatic heterocycles. The number of rotatable bonds is 13. The fourth-order valence-corrected chi connectivity index (χ4v) is 3.75. The first-order valence-corrected chi connectivity index (χ1v) is 10.6. The Labute approximate surface area is 170 Å². The second-order valence-electron chi connectivity index (χ2n) is 7.52. The Hall–Kier alpha value is -1.93. The second kappa shape index (κ2) is 12.5. The van der Waals surface area contributed by atoms with E-state index in [1.54, 1.807) is 7.11 Å². The van der Waals surface area contributed by atoms with Gasteiger partial charge in [-0.15, -0.1) is 6.58 Å². The fraction of sp³-hybridized carbons (Fsp3) is 0.462. The van der Waals surface area contributed by atoms with Crippen molar-refractivity contribution in [3.63, 3.8) is 0 Å².